The first-order valence-corrected chi connectivity index (χ1v) is 9.74. The number of fused-ring (bicyclic) bond motifs is 4. The number of aromatic nitrogens is 2. The van der Waals surface area contributed by atoms with Gasteiger partial charge in [-0.05, 0) is 37.2 Å². The zero-order valence-corrected chi connectivity index (χ0v) is 14.9. The zero-order chi connectivity index (χ0) is 15.9. The number of nitrogens with zero attached hydrogens (tertiary/aromatic N) is 5. The topological polar surface area (TPSA) is 69.6 Å². The van der Waals surface area contributed by atoms with Crippen LogP contribution in [0.5, 0.6) is 0 Å². The van der Waals surface area contributed by atoms with Crippen molar-refractivity contribution in [3.05, 3.63) is 10.6 Å². The fourth-order valence-electron chi connectivity index (χ4n) is 3.33. The Morgan fingerprint density at radius 1 is 1.27 bits per heavy atom. The van der Waals surface area contributed by atoms with Gasteiger partial charge in [0, 0.05) is 46.3 Å². The first-order valence-electron chi connectivity index (χ1n) is 7.57. The molecule has 0 aliphatic carbocycles. The molecule has 22 heavy (non-hydrogen) atoms. The molecule has 0 radical (unpaired) electrons. The quantitative estimate of drug-likeness (QED) is 0.797. The van der Waals surface area contributed by atoms with E-state index in [4.69, 9.17) is 0 Å². The van der Waals surface area contributed by atoms with E-state index in [0.717, 1.165) is 31.6 Å². The highest BCUT2D eigenvalue weighted by Crippen LogP contribution is 2.31. The lowest BCUT2D eigenvalue weighted by Gasteiger charge is -2.35. The van der Waals surface area contributed by atoms with E-state index in [2.05, 4.69) is 14.5 Å². The summed E-state index contributed by atoms with van der Waals surface area (Å²) in [4.78, 5) is 3.61. The van der Waals surface area contributed by atoms with E-state index in [9.17, 15) is 8.42 Å². The first-order chi connectivity index (χ1) is 10.4. The normalized spacial score (nSPS) is 27.5. The van der Waals surface area contributed by atoms with Crippen LogP contribution in [-0.4, -0.2) is 71.3 Å². The molecule has 3 aliphatic heterocycles. The SMILES string of the molecule is Cc1nnsc1CN1C[C@@H]2CC[C@H]1CN(S(=O)(=O)N(C)C)C2. The molecule has 3 fully saturated rings. The van der Waals surface area contributed by atoms with Crippen LogP contribution in [0.3, 0.4) is 0 Å². The number of aryl methyl sites for hydroxylation is 1. The highest BCUT2D eigenvalue weighted by Gasteiger charge is 2.39. The minimum Gasteiger partial charge on any atom is -0.294 e. The minimum atomic E-state index is -3.32. The largest absolute Gasteiger partial charge is 0.294 e. The number of piperidine rings is 1. The lowest BCUT2D eigenvalue weighted by molar-refractivity contribution is 0.126. The molecule has 4 heterocycles. The average molecular weight is 345 g/mol. The lowest BCUT2D eigenvalue weighted by Crippen LogP contribution is -2.45. The molecule has 0 spiro atoms. The summed E-state index contributed by atoms with van der Waals surface area (Å²) in [5, 5.41) is 4.07. The summed E-state index contributed by atoms with van der Waals surface area (Å²) in [6.45, 7) is 5.00. The van der Waals surface area contributed by atoms with Crippen LogP contribution in [-0.2, 0) is 16.8 Å². The van der Waals surface area contributed by atoms with E-state index in [-0.39, 0.29) is 6.04 Å². The van der Waals surface area contributed by atoms with Crippen LogP contribution in [0.15, 0.2) is 0 Å². The van der Waals surface area contributed by atoms with Gasteiger partial charge in [0.05, 0.1) is 10.6 Å². The van der Waals surface area contributed by atoms with Crippen molar-refractivity contribution < 1.29 is 8.42 Å². The van der Waals surface area contributed by atoms with Gasteiger partial charge in [0.15, 0.2) is 0 Å². The summed E-state index contributed by atoms with van der Waals surface area (Å²) >= 11 is 1.45. The van der Waals surface area contributed by atoms with E-state index < -0.39 is 10.2 Å². The monoisotopic (exact) mass is 345 g/mol. The molecule has 0 saturated carbocycles. The molecule has 2 bridgehead atoms. The molecule has 3 saturated heterocycles. The second kappa shape index (κ2) is 6.12. The average Bonchev–Trinajstić information content (AvgIpc) is 2.68. The molecule has 0 unspecified atom stereocenters. The van der Waals surface area contributed by atoms with Gasteiger partial charge < -0.3 is 0 Å². The van der Waals surface area contributed by atoms with Crippen molar-refractivity contribution in [1.29, 1.82) is 0 Å². The predicted molar refractivity (Wildman–Crippen MR) is 85.7 cm³/mol. The van der Waals surface area contributed by atoms with Gasteiger partial charge >= 0.3 is 0 Å². The third-order valence-electron chi connectivity index (χ3n) is 4.67. The van der Waals surface area contributed by atoms with E-state index in [1.54, 1.807) is 18.4 Å². The second-order valence-electron chi connectivity index (χ2n) is 6.42. The minimum absolute atomic E-state index is 0.287. The van der Waals surface area contributed by atoms with Gasteiger partial charge in [-0.3, -0.25) is 4.90 Å². The van der Waals surface area contributed by atoms with Crippen LogP contribution < -0.4 is 0 Å². The number of rotatable bonds is 4. The summed E-state index contributed by atoms with van der Waals surface area (Å²) in [5.41, 5.74) is 0.989. The number of hydrogen-bond donors (Lipinski definition) is 0. The van der Waals surface area contributed by atoms with Crippen LogP contribution in [0, 0.1) is 12.8 Å². The third-order valence-corrected chi connectivity index (χ3v) is 7.36. The summed E-state index contributed by atoms with van der Waals surface area (Å²) in [7, 11) is -0.118. The summed E-state index contributed by atoms with van der Waals surface area (Å²) < 4.78 is 31.9. The van der Waals surface area contributed by atoms with Crippen molar-refractivity contribution in [1.82, 2.24) is 23.1 Å². The Bertz CT molecular complexity index is 630. The maximum Gasteiger partial charge on any atom is 0.281 e. The van der Waals surface area contributed by atoms with Crippen LogP contribution in [0.1, 0.15) is 23.4 Å². The summed E-state index contributed by atoms with van der Waals surface area (Å²) in [5.74, 6) is 0.412. The van der Waals surface area contributed by atoms with Crippen LogP contribution in [0.25, 0.3) is 0 Å². The van der Waals surface area contributed by atoms with Crippen molar-refractivity contribution in [3.8, 4) is 0 Å². The highest BCUT2D eigenvalue weighted by molar-refractivity contribution is 7.86. The van der Waals surface area contributed by atoms with Gasteiger partial charge in [-0.2, -0.15) is 17.0 Å². The van der Waals surface area contributed by atoms with Crippen LogP contribution >= 0.6 is 11.5 Å². The molecule has 0 aromatic carbocycles. The molecule has 0 amide bonds. The Labute approximate surface area is 136 Å². The van der Waals surface area contributed by atoms with Gasteiger partial charge in [0.2, 0.25) is 0 Å². The molecule has 9 heteroatoms. The van der Waals surface area contributed by atoms with Gasteiger partial charge in [0.25, 0.3) is 10.2 Å². The molecule has 2 atom stereocenters. The fraction of sp³-hybridized carbons (Fsp3) is 0.846. The van der Waals surface area contributed by atoms with E-state index in [1.807, 2.05) is 6.92 Å². The molecule has 1 aromatic heterocycles. The molecular formula is C13H23N5O2S2. The molecule has 124 valence electrons. The summed E-state index contributed by atoms with van der Waals surface area (Å²) in [6, 6.07) is 0.287. The second-order valence-corrected chi connectivity index (χ2v) is 9.40. The van der Waals surface area contributed by atoms with Crippen molar-refractivity contribution in [3.63, 3.8) is 0 Å². The van der Waals surface area contributed by atoms with Crippen molar-refractivity contribution in [2.75, 3.05) is 33.7 Å². The maximum absolute atomic E-state index is 12.5. The van der Waals surface area contributed by atoms with Crippen molar-refractivity contribution >= 4 is 21.7 Å². The lowest BCUT2D eigenvalue weighted by atomic mass is 9.95. The van der Waals surface area contributed by atoms with Gasteiger partial charge in [0.1, 0.15) is 0 Å². The van der Waals surface area contributed by atoms with Crippen LogP contribution in [0.4, 0.5) is 0 Å². The summed E-state index contributed by atoms with van der Waals surface area (Å²) in [6.07, 6.45) is 2.18. The standard InChI is InChI=1S/C13H23N5O2S2/c1-10-13(21-15-14-10)9-17-6-11-4-5-12(17)8-18(7-11)22(19,20)16(2)3/h11-12H,4-9H2,1-3H3/t11-,12-/m0/s1. The first kappa shape index (κ1) is 16.3. The molecule has 0 N–H and O–H groups in total. The Morgan fingerprint density at radius 2 is 2.05 bits per heavy atom. The van der Waals surface area contributed by atoms with E-state index in [0.29, 0.717) is 19.0 Å². The molecule has 4 rings (SSSR count). The third kappa shape index (κ3) is 3.05. The van der Waals surface area contributed by atoms with Crippen LogP contribution in [0.2, 0.25) is 0 Å². The van der Waals surface area contributed by atoms with E-state index >= 15 is 0 Å². The van der Waals surface area contributed by atoms with Gasteiger partial charge in [-0.25, -0.2) is 0 Å². The fourth-order valence-corrected chi connectivity index (χ4v) is 5.21. The van der Waals surface area contributed by atoms with Crippen molar-refractivity contribution in [2.24, 2.45) is 5.92 Å². The number of hydrogen-bond acceptors (Lipinski definition) is 6. The Hall–Kier alpha value is -0.610. The Kier molecular flexibility index (Phi) is 4.52. The Balaban J connectivity index is 1.78. The van der Waals surface area contributed by atoms with Crippen molar-refractivity contribution in [2.45, 2.75) is 32.4 Å². The molecule has 1 aromatic rings. The van der Waals surface area contributed by atoms with Gasteiger partial charge in [-0.1, -0.05) is 4.49 Å². The highest BCUT2D eigenvalue weighted by atomic mass is 32.2. The molecule has 7 nitrogen and oxygen atoms in total. The van der Waals surface area contributed by atoms with Gasteiger partial charge in [-0.15, -0.1) is 5.10 Å². The predicted octanol–water partition coefficient (Wildman–Crippen LogP) is 0.549. The van der Waals surface area contributed by atoms with E-state index in [1.165, 1.54) is 20.7 Å². The zero-order valence-electron chi connectivity index (χ0n) is 13.3. The molecule has 3 aliphatic rings. The smallest absolute Gasteiger partial charge is 0.281 e. The maximum atomic E-state index is 12.5. The molecular weight excluding hydrogens is 322 g/mol. The Morgan fingerprint density at radius 3 is 2.68 bits per heavy atom.